The summed E-state index contributed by atoms with van der Waals surface area (Å²) in [6.45, 7) is 0. The van der Waals surface area contributed by atoms with Crippen LogP contribution in [0.5, 0.6) is 17.2 Å². The Morgan fingerprint density at radius 3 is 2.23 bits per heavy atom. The quantitative estimate of drug-likeness (QED) is 0.556. The number of amides is 1. The molecule has 1 heterocycles. The van der Waals surface area contributed by atoms with E-state index < -0.39 is 0 Å². The molecule has 6 heteroatoms. The summed E-state index contributed by atoms with van der Waals surface area (Å²) < 4.78 is 16.2. The molecule has 0 spiro atoms. The second-order valence-electron chi connectivity index (χ2n) is 6.75. The number of carbonyl (C=O) groups is 1. The van der Waals surface area contributed by atoms with Gasteiger partial charge in [0.15, 0.2) is 0 Å². The molecule has 1 amide bonds. The zero-order valence-corrected chi connectivity index (χ0v) is 17.5. The van der Waals surface area contributed by atoms with E-state index in [-0.39, 0.29) is 5.91 Å². The van der Waals surface area contributed by atoms with Gasteiger partial charge in [-0.1, -0.05) is 42.5 Å². The number of ether oxygens (including phenoxy) is 3. The van der Waals surface area contributed by atoms with Crippen molar-refractivity contribution in [3.63, 3.8) is 0 Å². The molecule has 3 aromatic carbocycles. The Hall–Kier alpha value is -4.06. The van der Waals surface area contributed by atoms with E-state index in [1.54, 1.807) is 38.4 Å². The van der Waals surface area contributed by atoms with E-state index in [0.717, 1.165) is 11.1 Å². The van der Waals surface area contributed by atoms with E-state index >= 15 is 0 Å². The molecule has 0 saturated heterocycles. The van der Waals surface area contributed by atoms with Crippen LogP contribution in [0.3, 0.4) is 0 Å². The van der Waals surface area contributed by atoms with Crippen molar-refractivity contribution in [2.45, 2.75) is 0 Å². The third kappa shape index (κ3) is 3.88. The van der Waals surface area contributed by atoms with Gasteiger partial charge in [-0.25, -0.2) is 4.99 Å². The standard InChI is InChI=1S/C25H22N2O4/c1-29-19-14-13-18(23(16-19)31-3)15-20-25(28)27(21-11-7-8-12-22(21)30-2)24(26-20)17-9-5-4-6-10-17/h4-16H,1-3H3/b20-15+. The number of benzene rings is 3. The summed E-state index contributed by atoms with van der Waals surface area (Å²) >= 11 is 0. The highest BCUT2D eigenvalue weighted by molar-refractivity contribution is 6.33. The van der Waals surface area contributed by atoms with E-state index in [1.807, 2.05) is 66.7 Å². The minimum absolute atomic E-state index is 0.249. The van der Waals surface area contributed by atoms with Crippen LogP contribution in [0.4, 0.5) is 5.69 Å². The predicted molar refractivity (Wildman–Crippen MR) is 121 cm³/mol. The second-order valence-corrected chi connectivity index (χ2v) is 6.75. The van der Waals surface area contributed by atoms with E-state index in [9.17, 15) is 4.79 Å². The molecule has 0 atom stereocenters. The summed E-state index contributed by atoms with van der Waals surface area (Å²) in [6.07, 6.45) is 1.72. The molecule has 156 valence electrons. The molecule has 4 rings (SSSR count). The first-order chi connectivity index (χ1) is 15.2. The van der Waals surface area contributed by atoms with Crippen molar-refractivity contribution in [1.82, 2.24) is 0 Å². The molecule has 1 aliphatic heterocycles. The lowest BCUT2D eigenvalue weighted by atomic mass is 10.1. The van der Waals surface area contributed by atoms with Crippen molar-refractivity contribution in [3.05, 3.63) is 89.6 Å². The highest BCUT2D eigenvalue weighted by Gasteiger charge is 2.34. The van der Waals surface area contributed by atoms with Gasteiger partial charge in [0, 0.05) is 17.2 Å². The monoisotopic (exact) mass is 414 g/mol. The van der Waals surface area contributed by atoms with Crippen LogP contribution in [0.1, 0.15) is 11.1 Å². The molecular weight excluding hydrogens is 392 g/mol. The van der Waals surface area contributed by atoms with Gasteiger partial charge >= 0.3 is 0 Å². The van der Waals surface area contributed by atoms with Crippen molar-refractivity contribution >= 4 is 23.5 Å². The average Bonchev–Trinajstić information content (AvgIpc) is 3.15. The summed E-state index contributed by atoms with van der Waals surface area (Å²) in [5.74, 6) is 2.13. The van der Waals surface area contributed by atoms with E-state index in [1.165, 1.54) is 0 Å². The van der Waals surface area contributed by atoms with Crippen molar-refractivity contribution in [3.8, 4) is 17.2 Å². The molecule has 0 saturated carbocycles. The molecule has 0 unspecified atom stereocenters. The van der Waals surface area contributed by atoms with E-state index in [0.29, 0.717) is 34.5 Å². The zero-order valence-electron chi connectivity index (χ0n) is 17.5. The number of nitrogens with zero attached hydrogens (tertiary/aromatic N) is 2. The highest BCUT2D eigenvalue weighted by atomic mass is 16.5. The van der Waals surface area contributed by atoms with Crippen LogP contribution >= 0.6 is 0 Å². The van der Waals surface area contributed by atoms with Crippen LogP contribution < -0.4 is 19.1 Å². The Labute approximate surface area is 181 Å². The Balaban J connectivity index is 1.85. The topological polar surface area (TPSA) is 60.4 Å². The van der Waals surface area contributed by atoms with E-state index in [2.05, 4.69) is 0 Å². The van der Waals surface area contributed by atoms with Gasteiger partial charge in [0.25, 0.3) is 5.91 Å². The maximum absolute atomic E-state index is 13.5. The molecule has 0 radical (unpaired) electrons. The number of rotatable bonds is 6. The number of anilines is 1. The Kier molecular flexibility index (Phi) is 5.71. The summed E-state index contributed by atoms with van der Waals surface area (Å²) in [5, 5.41) is 0. The lowest BCUT2D eigenvalue weighted by molar-refractivity contribution is -0.113. The molecule has 1 aliphatic rings. The van der Waals surface area contributed by atoms with Crippen LogP contribution in [-0.4, -0.2) is 33.1 Å². The minimum atomic E-state index is -0.249. The SMILES string of the molecule is COc1ccc(/C=C2/N=C(c3ccccc3)N(c3ccccc3OC)C2=O)c(OC)c1. The Morgan fingerprint density at radius 1 is 0.806 bits per heavy atom. The summed E-state index contributed by atoms with van der Waals surface area (Å²) in [6, 6.07) is 22.4. The van der Waals surface area contributed by atoms with Gasteiger partial charge in [-0.2, -0.15) is 0 Å². The average molecular weight is 414 g/mol. The molecular formula is C25H22N2O4. The Bertz CT molecular complexity index is 1170. The first-order valence-corrected chi connectivity index (χ1v) is 9.71. The molecule has 31 heavy (non-hydrogen) atoms. The molecule has 0 fully saturated rings. The number of hydrogen-bond donors (Lipinski definition) is 0. The first-order valence-electron chi connectivity index (χ1n) is 9.71. The predicted octanol–water partition coefficient (Wildman–Crippen LogP) is 4.55. The number of methoxy groups -OCH3 is 3. The van der Waals surface area contributed by atoms with E-state index in [4.69, 9.17) is 19.2 Å². The number of aliphatic imine (C=N–C) groups is 1. The van der Waals surface area contributed by atoms with Crippen LogP contribution in [0.25, 0.3) is 6.08 Å². The van der Waals surface area contributed by atoms with Crippen LogP contribution in [-0.2, 0) is 4.79 Å². The van der Waals surface area contributed by atoms with Crippen molar-refractivity contribution in [2.24, 2.45) is 4.99 Å². The molecule has 0 bridgehead atoms. The molecule has 0 aromatic heterocycles. The van der Waals surface area contributed by atoms with Crippen molar-refractivity contribution < 1.29 is 19.0 Å². The number of amidine groups is 1. The number of para-hydroxylation sites is 2. The largest absolute Gasteiger partial charge is 0.497 e. The van der Waals surface area contributed by atoms with Gasteiger partial charge in [-0.3, -0.25) is 9.69 Å². The third-order valence-corrected chi connectivity index (χ3v) is 4.95. The summed E-state index contributed by atoms with van der Waals surface area (Å²) in [7, 11) is 4.75. The second kappa shape index (κ2) is 8.75. The normalized spacial score (nSPS) is 14.5. The van der Waals surface area contributed by atoms with Crippen molar-refractivity contribution in [1.29, 1.82) is 0 Å². The van der Waals surface area contributed by atoms with Gasteiger partial charge in [0.2, 0.25) is 0 Å². The van der Waals surface area contributed by atoms with Crippen LogP contribution in [0.15, 0.2) is 83.5 Å². The fraction of sp³-hybridized carbons (Fsp3) is 0.120. The fourth-order valence-corrected chi connectivity index (χ4v) is 3.42. The van der Waals surface area contributed by atoms with Gasteiger partial charge in [0.05, 0.1) is 27.0 Å². The smallest absolute Gasteiger partial charge is 0.282 e. The lowest BCUT2D eigenvalue weighted by Crippen LogP contribution is -2.33. The number of hydrogen-bond acceptors (Lipinski definition) is 5. The van der Waals surface area contributed by atoms with Crippen LogP contribution in [0, 0.1) is 0 Å². The first kappa shape index (κ1) is 20.2. The van der Waals surface area contributed by atoms with Gasteiger partial charge in [0.1, 0.15) is 28.8 Å². The molecule has 0 aliphatic carbocycles. The molecule has 0 N–H and O–H groups in total. The van der Waals surface area contributed by atoms with Gasteiger partial charge < -0.3 is 14.2 Å². The zero-order chi connectivity index (χ0) is 21.8. The Morgan fingerprint density at radius 2 is 1.52 bits per heavy atom. The highest BCUT2D eigenvalue weighted by Crippen LogP contribution is 2.35. The maximum atomic E-state index is 13.5. The minimum Gasteiger partial charge on any atom is -0.497 e. The number of carbonyl (C=O) groups excluding carboxylic acids is 1. The molecule has 3 aromatic rings. The van der Waals surface area contributed by atoms with Gasteiger partial charge in [-0.15, -0.1) is 0 Å². The lowest BCUT2D eigenvalue weighted by Gasteiger charge is -2.20. The summed E-state index contributed by atoms with van der Waals surface area (Å²) in [4.78, 5) is 19.8. The fourth-order valence-electron chi connectivity index (χ4n) is 3.42. The maximum Gasteiger partial charge on any atom is 0.282 e. The molecule has 6 nitrogen and oxygen atoms in total. The van der Waals surface area contributed by atoms with Gasteiger partial charge in [-0.05, 0) is 30.3 Å². The van der Waals surface area contributed by atoms with Crippen LogP contribution in [0.2, 0.25) is 0 Å². The summed E-state index contributed by atoms with van der Waals surface area (Å²) in [5.41, 5.74) is 2.48. The third-order valence-electron chi connectivity index (χ3n) is 4.95. The van der Waals surface area contributed by atoms with Crippen molar-refractivity contribution in [2.75, 3.05) is 26.2 Å².